The smallest absolute Gasteiger partial charge is 0.251 e. The van der Waals surface area contributed by atoms with E-state index in [1.54, 1.807) is 18.3 Å². The highest BCUT2D eigenvalue weighted by Gasteiger charge is 2.28. The highest BCUT2D eigenvalue weighted by atomic mass is 16.4. The van der Waals surface area contributed by atoms with E-state index in [-0.39, 0.29) is 12.5 Å². The van der Waals surface area contributed by atoms with Gasteiger partial charge in [-0.2, -0.15) is 0 Å². The lowest BCUT2D eigenvalue weighted by Gasteiger charge is -2.20. The molecule has 5 aromatic rings. The van der Waals surface area contributed by atoms with Crippen LogP contribution in [0.25, 0.3) is 11.5 Å². The molecule has 0 fully saturated rings. The van der Waals surface area contributed by atoms with Gasteiger partial charge in [0.1, 0.15) is 12.5 Å². The molecule has 10 heteroatoms. The third kappa shape index (κ3) is 5.81. The number of aryl methyl sites for hydroxylation is 1. The molecule has 188 valence electrons. The van der Waals surface area contributed by atoms with Crippen LogP contribution in [-0.2, 0) is 24.9 Å². The number of oxazole rings is 2. The van der Waals surface area contributed by atoms with Crippen molar-refractivity contribution in [1.29, 1.82) is 0 Å². The average Bonchev–Trinajstić information content (AvgIpc) is 3.65. The van der Waals surface area contributed by atoms with Crippen molar-refractivity contribution in [2.75, 3.05) is 0 Å². The first-order valence-electron chi connectivity index (χ1n) is 11.7. The van der Waals surface area contributed by atoms with E-state index in [0.717, 1.165) is 16.8 Å². The molecule has 2 aromatic carbocycles. The van der Waals surface area contributed by atoms with Gasteiger partial charge >= 0.3 is 0 Å². The monoisotopic (exact) mass is 498 g/mol. The fourth-order valence-corrected chi connectivity index (χ4v) is 3.98. The number of nitrogens with zero attached hydrogens (tertiary/aromatic N) is 4. The van der Waals surface area contributed by atoms with Crippen molar-refractivity contribution in [2.45, 2.75) is 38.8 Å². The molecule has 1 unspecified atom stereocenters. The number of aromatic nitrogens is 4. The Morgan fingerprint density at radius 2 is 1.89 bits per heavy atom. The zero-order valence-corrected chi connectivity index (χ0v) is 20.5. The highest BCUT2D eigenvalue weighted by Crippen LogP contribution is 2.25. The Labute approximate surface area is 212 Å². The normalized spacial score (nSPS) is 12.8. The highest BCUT2D eigenvalue weighted by molar-refractivity contribution is 5.95. The molecule has 0 bridgehead atoms. The molecule has 1 atom stereocenters. The first kappa shape index (κ1) is 24.1. The maximum Gasteiger partial charge on any atom is 0.251 e. The Balaban J connectivity index is 1.36. The van der Waals surface area contributed by atoms with Gasteiger partial charge in [-0.15, -0.1) is 10.2 Å². The summed E-state index contributed by atoms with van der Waals surface area (Å²) in [6.07, 6.45) is 5.40. The van der Waals surface area contributed by atoms with Crippen LogP contribution < -0.4 is 11.1 Å². The largest absolute Gasteiger partial charge is 0.447 e. The Kier molecular flexibility index (Phi) is 6.65. The Bertz CT molecular complexity index is 1490. The van der Waals surface area contributed by atoms with E-state index >= 15 is 0 Å². The van der Waals surface area contributed by atoms with Gasteiger partial charge in [0.15, 0.2) is 0 Å². The minimum absolute atomic E-state index is 0.161. The molecule has 3 heterocycles. The quantitative estimate of drug-likeness (QED) is 0.308. The number of nitrogens with two attached hydrogens (primary N) is 1. The zero-order chi connectivity index (χ0) is 25.8. The standard InChI is InChI=1S/C27H26N6O4/c1-17-16-36-23(31-17)15-30-24(34)20-10-19(11-21(13-20)25-29-8-9-35-25)12-22-32-33-26(37-22)27(2,28)14-18-6-4-3-5-7-18/h3-11,13,16H,12,14-15,28H2,1-2H3,(H,30,34). The van der Waals surface area contributed by atoms with E-state index in [4.69, 9.17) is 19.0 Å². The molecule has 3 aromatic heterocycles. The third-order valence-corrected chi connectivity index (χ3v) is 5.73. The van der Waals surface area contributed by atoms with E-state index in [0.29, 0.717) is 47.5 Å². The fraction of sp³-hybridized carbons (Fsp3) is 0.222. The molecular weight excluding hydrogens is 472 g/mol. The van der Waals surface area contributed by atoms with E-state index in [9.17, 15) is 4.79 Å². The molecule has 0 aliphatic carbocycles. The molecule has 0 spiro atoms. The number of carbonyl (C=O) groups is 1. The summed E-state index contributed by atoms with van der Waals surface area (Å²) in [5.41, 5.74) is 9.34. The molecule has 0 radical (unpaired) electrons. The molecule has 0 saturated heterocycles. The van der Waals surface area contributed by atoms with Crippen LogP contribution in [0.4, 0.5) is 0 Å². The first-order valence-corrected chi connectivity index (χ1v) is 11.7. The van der Waals surface area contributed by atoms with Crippen molar-refractivity contribution in [3.05, 3.63) is 107 Å². The van der Waals surface area contributed by atoms with Gasteiger partial charge in [0.25, 0.3) is 5.91 Å². The summed E-state index contributed by atoms with van der Waals surface area (Å²) >= 11 is 0. The summed E-state index contributed by atoms with van der Waals surface area (Å²) in [5.74, 6) is 1.24. The van der Waals surface area contributed by atoms with Crippen LogP contribution in [0.1, 0.15) is 51.8 Å². The second-order valence-corrected chi connectivity index (χ2v) is 9.08. The molecular formula is C27H26N6O4. The number of nitrogens with one attached hydrogen (secondary N) is 1. The van der Waals surface area contributed by atoms with Crippen molar-refractivity contribution in [1.82, 2.24) is 25.5 Å². The van der Waals surface area contributed by atoms with Crippen LogP contribution in [0.5, 0.6) is 0 Å². The third-order valence-electron chi connectivity index (χ3n) is 5.73. The fourth-order valence-electron chi connectivity index (χ4n) is 3.98. The molecule has 1 amide bonds. The van der Waals surface area contributed by atoms with Crippen LogP contribution in [0, 0.1) is 6.92 Å². The Hall–Kier alpha value is -4.57. The van der Waals surface area contributed by atoms with Crippen molar-refractivity contribution < 1.29 is 18.0 Å². The number of hydrogen-bond acceptors (Lipinski definition) is 9. The van der Waals surface area contributed by atoms with Gasteiger partial charge in [0.05, 0.1) is 30.4 Å². The Morgan fingerprint density at radius 3 is 2.62 bits per heavy atom. The lowest BCUT2D eigenvalue weighted by molar-refractivity contribution is 0.0947. The van der Waals surface area contributed by atoms with Gasteiger partial charge < -0.3 is 24.3 Å². The van der Waals surface area contributed by atoms with E-state index in [2.05, 4.69) is 25.5 Å². The summed E-state index contributed by atoms with van der Waals surface area (Å²) in [6.45, 7) is 3.84. The van der Waals surface area contributed by atoms with Crippen LogP contribution in [0.2, 0.25) is 0 Å². The van der Waals surface area contributed by atoms with E-state index in [1.165, 1.54) is 12.5 Å². The van der Waals surface area contributed by atoms with Gasteiger partial charge in [0, 0.05) is 11.1 Å². The number of rotatable bonds is 9. The molecule has 10 nitrogen and oxygen atoms in total. The summed E-state index contributed by atoms with van der Waals surface area (Å²) in [6, 6.07) is 15.2. The van der Waals surface area contributed by atoms with Crippen molar-refractivity contribution in [3.8, 4) is 11.5 Å². The average molecular weight is 499 g/mol. The first-order chi connectivity index (χ1) is 17.9. The summed E-state index contributed by atoms with van der Waals surface area (Å²) in [5, 5.41) is 11.2. The van der Waals surface area contributed by atoms with Gasteiger partial charge in [-0.25, -0.2) is 9.97 Å². The minimum atomic E-state index is -0.837. The van der Waals surface area contributed by atoms with Gasteiger partial charge in [-0.05, 0) is 49.6 Å². The molecule has 0 aliphatic rings. The maximum absolute atomic E-state index is 13.0. The summed E-state index contributed by atoms with van der Waals surface area (Å²) in [7, 11) is 0. The van der Waals surface area contributed by atoms with E-state index in [1.807, 2.05) is 50.2 Å². The van der Waals surface area contributed by atoms with Crippen LogP contribution in [0.3, 0.4) is 0 Å². The molecule has 37 heavy (non-hydrogen) atoms. The lowest BCUT2D eigenvalue weighted by atomic mass is 9.94. The van der Waals surface area contributed by atoms with Crippen molar-refractivity contribution in [3.63, 3.8) is 0 Å². The Morgan fingerprint density at radius 1 is 1.05 bits per heavy atom. The molecule has 3 N–H and O–H groups in total. The van der Waals surface area contributed by atoms with Crippen LogP contribution >= 0.6 is 0 Å². The zero-order valence-electron chi connectivity index (χ0n) is 20.5. The molecule has 0 aliphatic heterocycles. The second-order valence-electron chi connectivity index (χ2n) is 9.08. The topological polar surface area (TPSA) is 146 Å². The predicted molar refractivity (Wildman–Crippen MR) is 133 cm³/mol. The summed E-state index contributed by atoms with van der Waals surface area (Å²) in [4.78, 5) is 21.4. The van der Waals surface area contributed by atoms with Crippen molar-refractivity contribution >= 4 is 5.91 Å². The predicted octanol–water partition coefficient (Wildman–Crippen LogP) is 3.96. The molecule has 0 saturated carbocycles. The minimum Gasteiger partial charge on any atom is -0.447 e. The SMILES string of the molecule is Cc1coc(CNC(=O)c2cc(Cc3nnc(C(C)(N)Cc4ccccc4)o3)cc(-c3ncco3)c2)n1. The van der Waals surface area contributed by atoms with Crippen molar-refractivity contribution in [2.24, 2.45) is 5.73 Å². The van der Waals surface area contributed by atoms with Crippen LogP contribution in [0.15, 0.2) is 80.5 Å². The van der Waals surface area contributed by atoms with E-state index < -0.39 is 5.54 Å². The van der Waals surface area contributed by atoms with Gasteiger partial charge in [-0.1, -0.05) is 30.3 Å². The summed E-state index contributed by atoms with van der Waals surface area (Å²) < 4.78 is 16.7. The number of carbonyl (C=O) groups excluding carboxylic acids is 1. The second kappa shape index (κ2) is 10.2. The van der Waals surface area contributed by atoms with Gasteiger partial charge in [-0.3, -0.25) is 4.79 Å². The maximum atomic E-state index is 13.0. The number of amides is 1. The molecule has 5 rings (SSSR count). The van der Waals surface area contributed by atoms with Gasteiger partial charge in [0.2, 0.25) is 23.6 Å². The van der Waals surface area contributed by atoms with Crippen LogP contribution in [-0.4, -0.2) is 26.1 Å². The lowest BCUT2D eigenvalue weighted by Crippen LogP contribution is -2.35. The number of hydrogen-bond donors (Lipinski definition) is 2. The number of benzene rings is 2.